The first-order valence-corrected chi connectivity index (χ1v) is 6.06. The molecule has 0 amide bonds. The fraction of sp³-hybridized carbons (Fsp3) is 0.357. The van der Waals surface area contributed by atoms with E-state index in [0.29, 0.717) is 25.3 Å². The maximum atomic E-state index is 13.4. The van der Waals surface area contributed by atoms with Crippen molar-refractivity contribution in [3.05, 3.63) is 47.8 Å². The van der Waals surface area contributed by atoms with Crippen LogP contribution >= 0.6 is 0 Å². The first kappa shape index (κ1) is 15.3. The van der Waals surface area contributed by atoms with Gasteiger partial charge in [-0.1, -0.05) is 6.08 Å². The highest BCUT2D eigenvalue weighted by Gasteiger charge is 2.07. The maximum absolute atomic E-state index is 13.4. The van der Waals surface area contributed by atoms with Gasteiger partial charge in [-0.25, -0.2) is 9.18 Å². The van der Waals surface area contributed by atoms with E-state index in [1.165, 1.54) is 18.2 Å². The quantitative estimate of drug-likeness (QED) is 0.532. The van der Waals surface area contributed by atoms with Crippen molar-refractivity contribution >= 4 is 5.97 Å². The minimum Gasteiger partial charge on any atom is -0.478 e. The standard InChI is InChI=1S/C14H18FNO3/c1-2-3-7-19-8-6-16-10-12-9-11(14(17)18)4-5-13(12)15/h2,4-5,9,16H,1,3,6-8,10H2,(H,17,18). The van der Waals surface area contributed by atoms with Crippen molar-refractivity contribution < 1.29 is 19.0 Å². The zero-order valence-corrected chi connectivity index (χ0v) is 10.7. The van der Waals surface area contributed by atoms with Crippen LogP contribution < -0.4 is 5.32 Å². The Morgan fingerprint density at radius 1 is 1.47 bits per heavy atom. The van der Waals surface area contributed by atoms with Crippen LogP contribution in [0.4, 0.5) is 4.39 Å². The highest BCUT2D eigenvalue weighted by molar-refractivity contribution is 5.87. The van der Waals surface area contributed by atoms with Crippen molar-refractivity contribution in [1.82, 2.24) is 5.32 Å². The minimum absolute atomic E-state index is 0.0837. The third kappa shape index (κ3) is 5.63. The van der Waals surface area contributed by atoms with Crippen molar-refractivity contribution in [2.45, 2.75) is 13.0 Å². The van der Waals surface area contributed by atoms with Crippen LogP contribution in [0.3, 0.4) is 0 Å². The molecule has 0 atom stereocenters. The number of ether oxygens (including phenoxy) is 1. The number of aromatic carboxylic acids is 1. The second kappa shape index (κ2) is 8.39. The van der Waals surface area contributed by atoms with Gasteiger partial charge in [-0.2, -0.15) is 0 Å². The summed E-state index contributed by atoms with van der Waals surface area (Å²) in [4.78, 5) is 10.8. The van der Waals surface area contributed by atoms with Gasteiger partial charge in [0.15, 0.2) is 0 Å². The van der Waals surface area contributed by atoms with Crippen molar-refractivity contribution in [3.8, 4) is 0 Å². The monoisotopic (exact) mass is 267 g/mol. The molecular formula is C14H18FNO3. The Kier molecular flexibility index (Phi) is 6.78. The number of hydrogen-bond donors (Lipinski definition) is 2. The van der Waals surface area contributed by atoms with E-state index in [1.54, 1.807) is 6.08 Å². The van der Waals surface area contributed by atoms with Gasteiger partial charge in [0.2, 0.25) is 0 Å². The Morgan fingerprint density at radius 3 is 2.95 bits per heavy atom. The second-order valence-electron chi connectivity index (χ2n) is 3.98. The molecule has 0 aromatic heterocycles. The van der Waals surface area contributed by atoms with E-state index in [2.05, 4.69) is 11.9 Å². The Labute approximate surface area is 111 Å². The number of halogens is 1. The molecule has 0 saturated carbocycles. The Balaban J connectivity index is 2.34. The van der Waals surface area contributed by atoms with Crippen molar-refractivity contribution in [2.24, 2.45) is 0 Å². The maximum Gasteiger partial charge on any atom is 0.335 e. The van der Waals surface area contributed by atoms with Gasteiger partial charge in [0.1, 0.15) is 5.82 Å². The summed E-state index contributed by atoms with van der Waals surface area (Å²) in [6.45, 7) is 5.58. The number of benzene rings is 1. The summed E-state index contributed by atoms with van der Waals surface area (Å²) in [5.74, 6) is -1.47. The average molecular weight is 267 g/mol. The smallest absolute Gasteiger partial charge is 0.335 e. The highest BCUT2D eigenvalue weighted by atomic mass is 19.1. The number of carbonyl (C=O) groups is 1. The van der Waals surface area contributed by atoms with Gasteiger partial charge in [-0.15, -0.1) is 6.58 Å². The summed E-state index contributed by atoms with van der Waals surface area (Å²) in [5.41, 5.74) is 0.423. The van der Waals surface area contributed by atoms with Crippen molar-refractivity contribution in [3.63, 3.8) is 0 Å². The van der Waals surface area contributed by atoms with Crippen LogP contribution in [0.5, 0.6) is 0 Å². The molecule has 19 heavy (non-hydrogen) atoms. The van der Waals surface area contributed by atoms with E-state index in [-0.39, 0.29) is 12.1 Å². The molecule has 4 nitrogen and oxygen atoms in total. The molecule has 0 aliphatic rings. The molecular weight excluding hydrogens is 249 g/mol. The summed E-state index contributed by atoms with van der Waals surface area (Å²) < 4.78 is 18.7. The molecule has 1 rings (SSSR count). The third-order valence-corrected chi connectivity index (χ3v) is 2.50. The lowest BCUT2D eigenvalue weighted by Crippen LogP contribution is -2.20. The molecule has 5 heteroatoms. The zero-order valence-electron chi connectivity index (χ0n) is 10.7. The molecule has 0 unspecified atom stereocenters. The van der Waals surface area contributed by atoms with Crippen LogP contribution in [-0.4, -0.2) is 30.8 Å². The molecule has 0 heterocycles. The number of hydrogen-bond acceptors (Lipinski definition) is 3. The summed E-state index contributed by atoms with van der Waals surface area (Å²) in [6.07, 6.45) is 2.58. The Hall–Kier alpha value is -1.72. The molecule has 0 saturated heterocycles. The van der Waals surface area contributed by atoms with Gasteiger partial charge in [0.05, 0.1) is 18.8 Å². The van der Waals surface area contributed by atoms with Crippen LogP contribution in [0.15, 0.2) is 30.9 Å². The predicted octanol–water partition coefficient (Wildman–Crippen LogP) is 2.21. The molecule has 0 fully saturated rings. The Morgan fingerprint density at radius 2 is 2.26 bits per heavy atom. The van der Waals surface area contributed by atoms with Crippen LogP contribution in [0.25, 0.3) is 0 Å². The molecule has 0 bridgehead atoms. The summed E-state index contributed by atoms with van der Waals surface area (Å²) >= 11 is 0. The topological polar surface area (TPSA) is 58.6 Å². The third-order valence-electron chi connectivity index (χ3n) is 2.50. The van der Waals surface area contributed by atoms with E-state index in [9.17, 15) is 9.18 Å². The van der Waals surface area contributed by atoms with Gasteiger partial charge >= 0.3 is 5.97 Å². The molecule has 0 radical (unpaired) electrons. The molecule has 1 aromatic rings. The van der Waals surface area contributed by atoms with E-state index >= 15 is 0 Å². The van der Waals surface area contributed by atoms with Gasteiger partial charge < -0.3 is 15.2 Å². The number of nitrogens with one attached hydrogen (secondary N) is 1. The van der Waals surface area contributed by atoms with Gasteiger partial charge in [-0.05, 0) is 24.6 Å². The lowest BCUT2D eigenvalue weighted by atomic mass is 10.1. The molecule has 104 valence electrons. The van der Waals surface area contributed by atoms with Crippen LogP contribution in [0.2, 0.25) is 0 Å². The fourth-order valence-corrected chi connectivity index (χ4v) is 1.48. The average Bonchev–Trinajstić information content (AvgIpc) is 2.39. The summed E-state index contributed by atoms with van der Waals surface area (Å²) in [5, 5.41) is 11.8. The lowest BCUT2D eigenvalue weighted by Gasteiger charge is -2.07. The summed E-state index contributed by atoms with van der Waals surface area (Å²) in [7, 11) is 0. The Bertz CT molecular complexity index is 435. The number of rotatable bonds is 9. The van der Waals surface area contributed by atoms with E-state index in [4.69, 9.17) is 9.84 Å². The SMILES string of the molecule is C=CCCOCCNCc1cc(C(=O)O)ccc1F. The molecule has 0 aliphatic carbocycles. The minimum atomic E-state index is -1.06. The lowest BCUT2D eigenvalue weighted by molar-refractivity contribution is 0.0696. The normalized spacial score (nSPS) is 10.4. The predicted molar refractivity (Wildman–Crippen MR) is 70.7 cm³/mol. The van der Waals surface area contributed by atoms with E-state index < -0.39 is 11.8 Å². The number of carboxylic acids is 1. The largest absolute Gasteiger partial charge is 0.478 e. The highest BCUT2D eigenvalue weighted by Crippen LogP contribution is 2.10. The molecule has 0 aliphatic heterocycles. The van der Waals surface area contributed by atoms with Crippen LogP contribution in [-0.2, 0) is 11.3 Å². The van der Waals surface area contributed by atoms with Gasteiger partial charge in [0.25, 0.3) is 0 Å². The van der Waals surface area contributed by atoms with E-state index in [0.717, 1.165) is 6.42 Å². The van der Waals surface area contributed by atoms with Crippen molar-refractivity contribution in [2.75, 3.05) is 19.8 Å². The summed E-state index contributed by atoms with van der Waals surface area (Å²) in [6, 6.07) is 3.75. The van der Waals surface area contributed by atoms with Gasteiger partial charge in [0, 0.05) is 18.7 Å². The van der Waals surface area contributed by atoms with Gasteiger partial charge in [-0.3, -0.25) is 0 Å². The van der Waals surface area contributed by atoms with Crippen LogP contribution in [0, 0.1) is 5.82 Å². The number of carboxylic acid groups (broad SMARTS) is 1. The first-order valence-electron chi connectivity index (χ1n) is 6.06. The first-order chi connectivity index (χ1) is 9.15. The van der Waals surface area contributed by atoms with Crippen LogP contribution in [0.1, 0.15) is 22.3 Å². The molecule has 2 N–H and O–H groups in total. The zero-order chi connectivity index (χ0) is 14.1. The van der Waals surface area contributed by atoms with E-state index in [1.807, 2.05) is 0 Å². The van der Waals surface area contributed by atoms with Crippen molar-refractivity contribution in [1.29, 1.82) is 0 Å². The second-order valence-corrected chi connectivity index (χ2v) is 3.98. The molecule has 0 spiro atoms. The fourth-order valence-electron chi connectivity index (χ4n) is 1.48. The molecule has 1 aromatic carbocycles.